The molecular formula is C19H22O5. The van der Waals surface area contributed by atoms with Gasteiger partial charge in [0, 0.05) is 5.56 Å². The Labute approximate surface area is 141 Å². The van der Waals surface area contributed by atoms with Gasteiger partial charge < -0.3 is 20.1 Å². The van der Waals surface area contributed by atoms with E-state index < -0.39 is 17.3 Å². The van der Waals surface area contributed by atoms with Crippen molar-refractivity contribution in [1.29, 1.82) is 0 Å². The number of carbonyl (C=O) groups excluding carboxylic acids is 1. The Bertz CT molecular complexity index is 695. The summed E-state index contributed by atoms with van der Waals surface area (Å²) in [5.41, 5.74) is 0.175. The van der Waals surface area contributed by atoms with E-state index in [2.05, 4.69) is 6.92 Å². The third kappa shape index (κ3) is 3.98. The van der Waals surface area contributed by atoms with Crippen molar-refractivity contribution in [1.82, 2.24) is 0 Å². The van der Waals surface area contributed by atoms with E-state index in [1.807, 2.05) is 0 Å². The molecular weight excluding hydrogens is 308 g/mol. The standard InChI is InChI=1S/C19H22O5/c1-2-3-4-8-11-24-19-15(20)12-14(17(22)18(19)23)16(21)13-9-6-5-7-10-13/h5-7,9-10,12,20,22-23H,2-4,8,11H2,1H3. The number of hydrogen-bond acceptors (Lipinski definition) is 5. The van der Waals surface area contributed by atoms with E-state index in [0.717, 1.165) is 31.7 Å². The fourth-order valence-corrected chi connectivity index (χ4v) is 2.39. The molecule has 0 aromatic heterocycles. The van der Waals surface area contributed by atoms with Crippen LogP contribution in [0.15, 0.2) is 36.4 Å². The lowest BCUT2D eigenvalue weighted by Crippen LogP contribution is -2.03. The Morgan fingerprint density at radius 2 is 1.71 bits per heavy atom. The second-order valence-corrected chi connectivity index (χ2v) is 5.57. The van der Waals surface area contributed by atoms with E-state index in [-0.39, 0.29) is 17.1 Å². The molecule has 0 fully saturated rings. The minimum absolute atomic E-state index is 0.172. The fraction of sp³-hybridized carbons (Fsp3) is 0.316. The Hall–Kier alpha value is -2.69. The summed E-state index contributed by atoms with van der Waals surface area (Å²) >= 11 is 0. The molecule has 0 heterocycles. The van der Waals surface area contributed by atoms with Crippen LogP contribution in [0.25, 0.3) is 0 Å². The van der Waals surface area contributed by atoms with E-state index in [0.29, 0.717) is 12.2 Å². The van der Waals surface area contributed by atoms with Gasteiger partial charge in [-0.2, -0.15) is 0 Å². The van der Waals surface area contributed by atoms with Crippen molar-refractivity contribution < 1.29 is 24.9 Å². The zero-order chi connectivity index (χ0) is 17.5. The highest BCUT2D eigenvalue weighted by atomic mass is 16.5. The average molecular weight is 330 g/mol. The van der Waals surface area contributed by atoms with Crippen LogP contribution in [0.3, 0.4) is 0 Å². The van der Waals surface area contributed by atoms with E-state index >= 15 is 0 Å². The lowest BCUT2D eigenvalue weighted by molar-refractivity contribution is 0.103. The lowest BCUT2D eigenvalue weighted by Gasteiger charge is -2.13. The molecule has 0 aliphatic rings. The summed E-state index contributed by atoms with van der Waals surface area (Å²) in [6, 6.07) is 9.45. The van der Waals surface area contributed by atoms with Gasteiger partial charge in [0.2, 0.25) is 11.5 Å². The largest absolute Gasteiger partial charge is 0.504 e. The summed E-state index contributed by atoms with van der Waals surface area (Å²) in [6.07, 6.45) is 3.93. The first kappa shape index (κ1) is 17.7. The first-order chi connectivity index (χ1) is 11.6. The highest BCUT2D eigenvalue weighted by Gasteiger charge is 2.23. The molecule has 0 saturated heterocycles. The molecule has 0 aliphatic carbocycles. The third-order valence-corrected chi connectivity index (χ3v) is 3.73. The van der Waals surface area contributed by atoms with Gasteiger partial charge in [0.1, 0.15) is 0 Å². The average Bonchev–Trinajstić information content (AvgIpc) is 2.60. The zero-order valence-electron chi connectivity index (χ0n) is 13.7. The predicted octanol–water partition coefficient (Wildman–Crippen LogP) is 3.99. The number of benzene rings is 2. The second kappa shape index (κ2) is 8.24. The molecule has 5 nitrogen and oxygen atoms in total. The number of hydrogen-bond donors (Lipinski definition) is 3. The maximum absolute atomic E-state index is 12.4. The minimum atomic E-state index is -0.621. The van der Waals surface area contributed by atoms with E-state index in [4.69, 9.17) is 4.74 Å². The van der Waals surface area contributed by atoms with Crippen molar-refractivity contribution in [3.63, 3.8) is 0 Å². The molecule has 0 spiro atoms. The zero-order valence-corrected chi connectivity index (χ0v) is 13.7. The molecule has 24 heavy (non-hydrogen) atoms. The SMILES string of the molecule is CCCCCCOc1c(O)cc(C(=O)c2ccccc2)c(O)c1O. The number of rotatable bonds is 8. The van der Waals surface area contributed by atoms with Crippen LogP contribution >= 0.6 is 0 Å². The molecule has 128 valence electrons. The summed E-state index contributed by atoms with van der Waals surface area (Å²) in [5.74, 6) is -2.28. The minimum Gasteiger partial charge on any atom is -0.504 e. The summed E-state index contributed by atoms with van der Waals surface area (Å²) in [6.45, 7) is 2.41. The maximum atomic E-state index is 12.4. The smallest absolute Gasteiger partial charge is 0.207 e. The van der Waals surface area contributed by atoms with Crippen LogP contribution in [0.1, 0.15) is 48.5 Å². The molecule has 0 aliphatic heterocycles. The Balaban J connectivity index is 2.20. The number of ketones is 1. The molecule has 0 atom stereocenters. The van der Waals surface area contributed by atoms with Crippen molar-refractivity contribution >= 4 is 5.78 Å². The fourth-order valence-electron chi connectivity index (χ4n) is 2.39. The van der Waals surface area contributed by atoms with Crippen molar-refractivity contribution in [3.05, 3.63) is 47.5 Å². The quantitative estimate of drug-likeness (QED) is 0.295. The molecule has 2 aromatic carbocycles. The van der Waals surface area contributed by atoms with Gasteiger partial charge in [-0.15, -0.1) is 0 Å². The lowest BCUT2D eigenvalue weighted by atomic mass is 10.0. The van der Waals surface area contributed by atoms with Gasteiger partial charge in [0.05, 0.1) is 12.2 Å². The van der Waals surface area contributed by atoms with Gasteiger partial charge >= 0.3 is 0 Å². The maximum Gasteiger partial charge on any atom is 0.207 e. The Kier molecular flexibility index (Phi) is 6.07. The first-order valence-electron chi connectivity index (χ1n) is 8.06. The highest BCUT2D eigenvalue weighted by Crippen LogP contribution is 2.45. The summed E-state index contributed by atoms with van der Waals surface area (Å²) in [5, 5.41) is 30.2. The number of phenolic OH excluding ortho intramolecular Hbond substituents is 3. The summed E-state index contributed by atoms with van der Waals surface area (Å²) in [7, 11) is 0. The molecule has 0 bridgehead atoms. The van der Waals surface area contributed by atoms with Crippen LogP contribution in [-0.2, 0) is 0 Å². The van der Waals surface area contributed by atoms with Gasteiger partial charge in [0.15, 0.2) is 17.3 Å². The van der Waals surface area contributed by atoms with Crippen LogP contribution in [0, 0.1) is 0 Å². The van der Waals surface area contributed by atoms with Crippen LogP contribution in [-0.4, -0.2) is 27.7 Å². The summed E-state index contributed by atoms with van der Waals surface area (Å²) in [4.78, 5) is 12.4. The second-order valence-electron chi connectivity index (χ2n) is 5.57. The van der Waals surface area contributed by atoms with Gasteiger partial charge in [-0.25, -0.2) is 0 Å². The molecule has 0 radical (unpaired) electrons. The monoisotopic (exact) mass is 330 g/mol. The molecule has 5 heteroatoms. The number of carbonyl (C=O) groups is 1. The Morgan fingerprint density at radius 1 is 1.00 bits per heavy atom. The molecule has 0 unspecified atom stereocenters. The van der Waals surface area contributed by atoms with Gasteiger partial charge in [-0.05, 0) is 12.5 Å². The van der Waals surface area contributed by atoms with Crippen molar-refractivity contribution in [3.8, 4) is 23.0 Å². The van der Waals surface area contributed by atoms with Crippen LogP contribution < -0.4 is 4.74 Å². The van der Waals surface area contributed by atoms with Crippen molar-refractivity contribution in [2.45, 2.75) is 32.6 Å². The van der Waals surface area contributed by atoms with Gasteiger partial charge in [-0.1, -0.05) is 56.5 Å². The highest BCUT2D eigenvalue weighted by molar-refractivity contribution is 6.11. The van der Waals surface area contributed by atoms with Crippen LogP contribution in [0.5, 0.6) is 23.0 Å². The Morgan fingerprint density at radius 3 is 2.38 bits per heavy atom. The van der Waals surface area contributed by atoms with Gasteiger partial charge in [0.25, 0.3) is 0 Å². The topological polar surface area (TPSA) is 87.0 Å². The molecule has 2 aromatic rings. The van der Waals surface area contributed by atoms with Crippen LogP contribution in [0.2, 0.25) is 0 Å². The van der Waals surface area contributed by atoms with Crippen molar-refractivity contribution in [2.24, 2.45) is 0 Å². The number of phenols is 3. The summed E-state index contributed by atoms with van der Waals surface area (Å²) < 4.78 is 5.36. The molecule has 2 rings (SSSR count). The molecule has 0 saturated carbocycles. The third-order valence-electron chi connectivity index (χ3n) is 3.73. The molecule has 0 amide bonds. The number of ether oxygens (including phenoxy) is 1. The van der Waals surface area contributed by atoms with E-state index in [1.165, 1.54) is 0 Å². The first-order valence-corrected chi connectivity index (χ1v) is 8.06. The predicted molar refractivity (Wildman–Crippen MR) is 90.9 cm³/mol. The van der Waals surface area contributed by atoms with E-state index in [9.17, 15) is 20.1 Å². The van der Waals surface area contributed by atoms with Crippen LogP contribution in [0.4, 0.5) is 0 Å². The van der Waals surface area contributed by atoms with E-state index in [1.54, 1.807) is 30.3 Å². The van der Waals surface area contributed by atoms with Gasteiger partial charge in [-0.3, -0.25) is 4.79 Å². The van der Waals surface area contributed by atoms with Crippen molar-refractivity contribution in [2.75, 3.05) is 6.61 Å². The normalized spacial score (nSPS) is 10.5. The number of aromatic hydroxyl groups is 3. The number of unbranched alkanes of at least 4 members (excludes halogenated alkanes) is 3. The molecule has 3 N–H and O–H groups in total.